The highest BCUT2D eigenvalue weighted by molar-refractivity contribution is 5.98. The van der Waals surface area contributed by atoms with E-state index in [1.165, 1.54) is 12.1 Å². The van der Waals surface area contributed by atoms with Crippen LogP contribution in [-0.2, 0) is 16.0 Å². The van der Waals surface area contributed by atoms with Crippen LogP contribution in [0, 0.1) is 5.82 Å². The van der Waals surface area contributed by atoms with Crippen molar-refractivity contribution >= 4 is 23.2 Å². The maximum atomic E-state index is 13.6. The monoisotopic (exact) mass is 430 g/mol. The molecule has 2 amide bonds. The molecule has 4 rings (SSSR count). The van der Waals surface area contributed by atoms with E-state index in [1.54, 1.807) is 12.1 Å². The summed E-state index contributed by atoms with van der Waals surface area (Å²) in [7, 11) is 0. The minimum Gasteiger partial charge on any atom is -0.309 e. The van der Waals surface area contributed by atoms with Crippen LogP contribution in [0.5, 0.6) is 0 Å². The van der Waals surface area contributed by atoms with Crippen LogP contribution in [0.3, 0.4) is 0 Å². The number of hydrogen-bond donors (Lipinski definition) is 0. The summed E-state index contributed by atoms with van der Waals surface area (Å²) in [5, 5.41) is 0. The van der Waals surface area contributed by atoms with Gasteiger partial charge in [0, 0.05) is 23.8 Å². The van der Waals surface area contributed by atoms with Crippen LogP contribution >= 0.6 is 0 Å². The molecular weight excluding hydrogens is 403 g/mol. The molecule has 0 N–H and O–H groups in total. The molecule has 0 saturated heterocycles. The smallest absolute Gasteiger partial charge is 0.231 e. The minimum absolute atomic E-state index is 0.0489. The summed E-state index contributed by atoms with van der Waals surface area (Å²) in [6.45, 7) is 3.90. The molecule has 1 heterocycles. The van der Waals surface area contributed by atoms with Gasteiger partial charge in [-0.2, -0.15) is 0 Å². The number of anilines is 2. The van der Waals surface area contributed by atoms with Gasteiger partial charge < -0.3 is 9.80 Å². The van der Waals surface area contributed by atoms with Crippen LogP contribution in [0.1, 0.15) is 43.9 Å². The van der Waals surface area contributed by atoms with Gasteiger partial charge in [-0.3, -0.25) is 9.59 Å². The average Bonchev–Trinajstić information content (AvgIpc) is 2.81. The molecule has 4 nitrogen and oxygen atoms in total. The van der Waals surface area contributed by atoms with Crippen LogP contribution in [0.25, 0.3) is 0 Å². The summed E-state index contributed by atoms with van der Waals surface area (Å²) < 4.78 is 13.4. The highest BCUT2D eigenvalue weighted by Crippen LogP contribution is 2.42. The molecular formula is C27H27FN2O2. The Kier molecular flexibility index (Phi) is 6.35. The third-order valence-corrected chi connectivity index (χ3v) is 6.01. The van der Waals surface area contributed by atoms with Crippen LogP contribution in [0.2, 0.25) is 0 Å². The van der Waals surface area contributed by atoms with Crippen molar-refractivity contribution in [3.05, 3.63) is 95.8 Å². The zero-order valence-electron chi connectivity index (χ0n) is 18.4. The summed E-state index contributed by atoms with van der Waals surface area (Å²) >= 11 is 0. The molecule has 0 radical (unpaired) electrons. The highest BCUT2D eigenvalue weighted by Gasteiger charge is 2.38. The van der Waals surface area contributed by atoms with Gasteiger partial charge in [0.1, 0.15) is 5.82 Å². The second-order valence-corrected chi connectivity index (χ2v) is 8.18. The highest BCUT2D eigenvalue weighted by atomic mass is 19.1. The Bertz CT molecular complexity index is 1100. The summed E-state index contributed by atoms with van der Waals surface area (Å²) in [4.78, 5) is 30.0. The number of amides is 2. The van der Waals surface area contributed by atoms with Crippen LogP contribution in [0.15, 0.2) is 78.9 Å². The van der Waals surface area contributed by atoms with Crippen LogP contribution in [-0.4, -0.2) is 17.9 Å². The van der Waals surface area contributed by atoms with Gasteiger partial charge >= 0.3 is 0 Å². The van der Waals surface area contributed by atoms with Gasteiger partial charge in [0.25, 0.3) is 0 Å². The van der Waals surface area contributed by atoms with Crippen molar-refractivity contribution in [1.29, 1.82) is 0 Å². The van der Waals surface area contributed by atoms with Crippen LogP contribution < -0.4 is 9.80 Å². The summed E-state index contributed by atoms with van der Waals surface area (Å²) in [5.41, 5.74) is 3.39. The first kappa shape index (κ1) is 21.8. The fourth-order valence-corrected chi connectivity index (χ4v) is 4.53. The third kappa shape index (κ3) is 4.28. The van der Waals surface area contributed by atoms with Crippen molar-refractivity contribution in [3.8, 4) is 0 Å². The Morgan fingerprint density at radius 1 is 0.969 bits per heavy atom. The topological polar surface area (TPSA) is 40.6 Å². The zero-order chi connectivity index (χ0) is 22.7. The van der Waals surface area contributed by atoms with Gasteiger partial charge in [-0.05, 0) is 54.8 Å². The summed E-state index contributed by atoms with van der Waals surface area (Å²) in [6.07, 6.45) is 1.22. The quantitative estimate of drug-likeness (QED) is 0.523. The first-order valence-corrected chi connectivity index (χ1v) is 11.0. The van der Waals surface area contributed by atoms with Gasteiger partial charge in [0.2, 0.25) is 11.8 Å². The molecule has 0 bridgehead atoms. The van der Waals surface area contributed by atoms with Gasteiger partial charge in [-0.1, -0.05) is 55.5 Å². The van der Waals surface area contributed by atoms with E-state index in [-0.39, 0.29) is 36.1 Å². The molecule has 2 atom stereocenters. The molecule has 1 aliphatic rings. The standard InChI is InChI=1S/C27H27FN2O2/c1-3-26(31)29-19(2)17-25(23-11-7-8-12-24(23)29)30(22-9-5-4-6-10-22)27(32)18-20-13-15-21(28)16-14-20/h4-16,19,25H,3,17-18H2,1-2H3. The van der Waals surface area contributed by atoms with Crippen molar-refractivity contribution in [2.45, 2.75) is 45.2 Å². The van der Waals surface area contributed by atoms with Gasteiger partial charge in [-0.25, -0.2) is 4.39 Å². The third-order valence-electron chi connectivity index (χ3n) is 6.01. The van der Waals surface area contributed by atoms with Crippen molar-refractivity contribution in [1.82, 2.24) is 0 Å². The lowest BCUT2D eigenvalue weighted by atomic mass is 9.89. The predicted octanol–water partition coefficient (Wildman–Crippen LogP) is 5.68. The summed E-state index contributed by atoms with van der Waals surface area (Å²) in [6, 6.07) is 23.2. The molecule has 2 unspecified atom stereocenters. The molecule has 0 aliphatic carbocycles. The second-order valence-electron chi connectivity index (χ2n) is 8.18. The number of carbonyl (C=O) groups excluding carboxylic acids is 2. The largest absolute Gasteiger partial charge is 0.309 e. The zero-order valence-corrected chi connectivity index (χ0v) is 18.4. The van der Waals surface area contributed by atoms with Gasteiger partial charge in [0.15, 0.2) is 0 Å². The number of para-hydroxylation sites is 2. The lowest BCUT2D eigenvalue weighted by molar-refractivity contribution is -0.118. The molecule has 5 heteroatoms. The second kappa shape index (κ2) is 9.35. The number of carbonyl (C=O) groups is 2. The fourth-order valence-electron chi connectivity index (χ4n) is 4.53. The maximum absolute atomic E-state index is 13.6. The van der Waals surface area contributed by atoms with E-state index in [4.69, 9.17) is 0 Å². The van der Waals surface area contributed by atoms with Crippen molar-refractivity contribution in [2.24, 2.45) is 0 Å². The van der Waals surface area contributed by atoms with E-state index in [0.717, 1.165) is 22.5 Å². The first-order valence-electron chi connectivity index (χ1n) is 11.0. The lowest BCUT2D eigenvalue weighted by Gasteiger charge is -2.43. The molecule has 1 aliphatic heterocycles. The number of nitrogens with zero attached hydrogens (tertiary/aromatic N) is 2. The Morgan fingerprint density at radius 2 is 1.62 bits per heavy atom. The van der Waals surface area contributed by atoms with Crippen molar-refractivity contribution in [3.63, 3.8) is 0 Å². The molecule has 32 heavy (non-hydrogen) atoms. The lowest BCUT2D eigenvalue weighted by Crippen LogP contribution is -2.48. The summed E-state index contributed by atoms with van der Waals surface area (Å²) in [5.74, 6) is -0.311. The SMILES string of the molecule is CCC(=O)N1c2ccccc2C(N(C(=O)Cc2ccc(F)cc2)c2ccccc2)CC1C. The number of halogens is 1. The molecule has 3 aromatic rings. The first-order chi connectivity index (χ1) is 15.5. The van der Waals surface area contributed by atoms with Crippen molar-refractivity contribution in [2.75, 3.05) is 9.80 Å². The Morgan fingerprint density at radius 3 is 2.31 bits per heavy atom. The van der Waals surface area contributed by atoms with E-state index in [9.17, 15) is 14.0 Å². The molecule has 3 aromatic carbocycles. The number of benzene rings is 3. The van der Waals surface area contributed by atoms with Gasteiger partial charge in [-0.15, -0.1) is 0 Å². The average molecular weight is 431 g/mol. The Balaban J connectivity index is 1.76. The number of rotatable bonds is 5. The minimum atomic E-state index is -0.322. The Hall–Kier alpha value is -3.47. The van der Waals surface area contributed by atoms with E-state index >= 15 is 0 Å². The Labute approximate surface area is 188 Å². The number of fused-ring (bicyclic) bond motifs is 1. The molecule has 0 fully saturated rings. The van der Waals surface area contributed by atoms with E-state index in [0.29, 0.717) is 12.8 Å². The van der Waals surface area contributed by atoms with Crippen molar-refractivity contribution < 1.29 is 14.0 Å². The maximum Gasteiger partial charge on any atom is 0.231 e. The predicted molar refractivity (Wildman–Crippen MR) is 125 cm³/mol. The molecule has 164 valence electrons. The van der Waals surface area contributed by atoms with Gasteiger partial charge in [0.05, 0.1) is 12.5 Å². The van der Waals surface area contributed by atoms with E-state index in [1.807, 2.05) is 78.2 Å². The molecule has 0 saturated carbocycles. The normalized spacial score (nSPS) is 17.5. The molecule has 0 spiro atoms. The number of hydrogen-bond acceptors (Lipinski definition) is 2. The molecule has 0 aromatic heterocycles. The van der Waals surface area contributed by atoms with Crippen LogP contribution in [0.4, 0.5) is 15.8 Å². The van der Waals surface area contributed by atoms with E-state index < -0.39 is 0 Å². The van der Waals surface area contributed by atoms with E-state index in [2.05, 4.69) is 0 Å². The fraction of sp³-hybridized carbons (Fsp3) is 0.259.